The smallest absolute Gasteiger partial charge is 0.310 e. The topological polar surface area (TPSA) is 75.7 Å². The average Bonchev–Trinajstić information content (AvgIpc) is 2.38. The maximum atomic E-state index is 12.3. The van der Waals surface area contributed by atoms with Crippen LogP contribution in [0.2, 0.25) is 0 Å². The van der Waals surface area contributed by atoms with Crippen molar-refractivity contribution in [3.05, 3.63) is 0 Å². The molecule has 0 aliphatic carbocycles. The first-order valence-electron chi connectivity index (χ1n) is 7.17. The van der Waals surface area contributed by atoms with E-state index in [1.807, 2.05) is 20.8 Å². The molecule has 1 rings (SSSR count). The minimum absolute atomic E-state index is 0.202. The van der Waals surface area contributed by atoms with Crippen LogP contribution in [-0.4, -0.2) is 43.9 Å². The molecular weight excluding hydrogens is 280 g/mol. The van der Waals surface area contributed by atoms with Crippen LogP contribution in [0, 0.1) is 5.92 Å². The van der Waals surface area contributed by atoms with Crippen LogP contribution in [0.25, 0.3) is 0 Å². The molecule has 1 atom stereocenters. The molecule has 1 unspecified atom stereocenters. The molecule has 0 aromatic heterocycles. The van der Waals surface area contributed by atoms with Gasteiger partial charge in [-0.25, -0.2) is 0 Å². The minimum atomic E-state index is -3.56. The number of hydrogen-bond donors (Lipinski definition) is 1. The lowest BCUT2D eigenvalue weighted by Gasteiger charge is -2.34. The Hall–Kier alpha value is -0.660. The molecule has 1 aliphatic heterocycles. The Bertz CT molecular complexity index is 434. The molecule has 0 radical (unpaired) electrons. The van der Waals surface area contributed by atoms with Gasteiger partial charge in [0, 0.05) is 18.6 Å². The van der Waals surface area contributed by atoms with Crippen LogP contribution < -0.4 is 4.72 Å². The third-order valence-corrected chi connectivity index (χ3v) is 5.46. The Morgan fingerprint density at radius 1 is 1.40 bits per heavy atom. The van der Waals surface area contributed by atoms with Gasteiger partial charge in [-0.1, -0.05) is 6.92 Å². The van der Waals surface area contributed by atoms with E-state index < -0.39 is 15.7 Å². The fraction of sp³-hybridized carbons (Fsp3) is 0.923. The van der Waals surface area contributed by atoms with Gasteiger partial charge in [0.15, 0.2) is 0 Å². The van der Waals surface area contributed by atoms with Crippen LogP contribution in [0.15, 0.2) is 0 Å². The van der Waals surface area contributed by atoms with Gasteiger partial charge in [-0.05, 0) is 40.0 Å². The lowest BCUT2D eigenvalue weighted by molar-refractivity contribution is -0.149. The highest BCUT2D eigenvalue weighted by molar-refractivity contribution is 7.87. The summed E-state index contributed by atoms with van der Waals surface area (Å²) >= 11 is 0. The molecule has 20 heavy (non-hydrogen) atoms. The van der Waals surface area contributed by atoms with Crippen molar-refractivity contribution in [3.63, 3.8) is 0 Å². The molecule has 1 N–H and O–H groups in total. The van der Waals surface area contributed by atoms with Gasteiger partial charge in [0.05, 0.1) is 12.5 Å². The van der Waals surface area contributed by atoms with Crippen LogP contribution in [-0.2, 0) is 19.7 Å². The van der Waals surface area contributed by atoms with Crippen LogP contribution in [0.3, 0.4) is 0 Å². The monoisotopic (exact) mass is 306 g/mol. The van der Waals surface area contributed by atoms with Crippen molar-refractivity contribution in [2.24, 2.45) is 5.92 Å². The first kappa shape index (κ1) is 17.4. The molecule has 0 bridgehead atoms. The summed E-state index contributed by atoms with van der Waals surface area (Å²) in [5.41, 5.74) is -0.490. The third kappa shape index (κ3) is 4.71. The highest BCUT2D eigenvalue weighted by Gasteiger charge is 2.35. The number of ether oxygens (including phenoxy) is 1. The summed E-state index contributed by atoms with van der Waals surface area (Å²) in [4.78, 5) is 11.7. The lowest BCUT2D eigenvalue weighted by Crippen LogP contribution is -2.53. The van der Waals surface area contributed by atoms with E-state index in [0.717, 1.165) is 0 Å². The van der Waals surface area contributed by atoms with E-state index in [1.165, 1.54) is 4.31 Å². The second kappa shape index (κ2) is 6.87. The SMILES string of the molecule is CCOC(=O)C1CCCN(S(=O)(=O)NC(C)(C)CC)C1. The second-order valence-electron chi connectivity index (χ2n) is 5.79. The summed E-state index contributed by atoms with van der Waals surface area (Å²) in [5, 5.41) is 0. The number of rotatable bonds is 6. The van der Waals surface area contributed by atoms with Crippen LogP contribution in [0.4, 0.5) is 0 Å². The van der Waals surface area contributed by atoms with Crippen molar-refractivity contribution in [1.29, 1.82) is 0 Å². The molecule has 0 amide bonds. The lowest BCUT2D eigenvalue weighted by atomic mass is 10.0. The van der Waals surface area contributed by atoms with Crippen molar-refractivity contribution in [1.82, 2.24) is 9.03 Å². The number of nitrogens with one attached hydrogen (secondary N) is 1. The Morgan fingerprint density at radius 3 is 2.60 bits per heavy atom. The zero-order chi connectivity index (χ0) is 15.4. The number of esters is 1. The van der Waals surface area contributed by atoms with E-state index >= 15 is 0 Å². The fourth-order valence-corrected chi connectivity index (χ4v) is 3.82. The van der Waals surface area contributed by atoms with Crippen molar-refractivity contribution < 1.29 is 17.9 Å². The molecule has 0 saturated carbocycles. The highest BCUT2D eigenvalue weighted by atomic mass is 32.2. The number of hydrogen-bond acceptors (Lipinski definition) is 4. The van der Waals surface area contributed by atoms with E-state index in [-0.39, 0.29) is 18.4 Å². The van der Waals surface area contributed by atoms with Gasteiger partial charge in [0.2, 0.25) is 0 Å². The zero-order valence-electron chi connectivity index (χ0n) is 12.8. The molecule has 118 valence electrons. The van der Waals surface area contributed by atoms with E-state index in [2.05, 4.69) is 4.72 Å². The summed E-state index contributed by atoms with van der Waals surface area (Å²) in [7, 11) is -3.56. The van der Waals surface area contributed by atoms with Crippen molar-refractivity contribution in [2.75, 3.05) is 19.7 Å². The summed E-state index contributed by atoms with van der Waals surface area (Å²) in [6.07, 6.45) is 2.06. The van der Waals surface area contributed by atoms with Crippen LogP contribution in [0.5, 0.6) is 0 Å². The van der Waals surface area contributed by atoms with E-state index in [1.54, 1.807) is 6.92 Å². The summed E-state index contributed by atoms with van der Waals surface area (Å²) in [6.45, 7) is 8.34. The summed E-state index contributed by atoms with van der Waals surface area (Å²) < 4.78 is 33.7. The van der Waals surface area contributed by atoms with E-state index in [0.29, 0.717) is 32.4 Å². The number of nitrogens with zero attached hydrogens (tertiary/aromatic N) is 1. The predicted molar refractivity (Wildman–Crippen MR) is 77.4 cm³/mol. The number of piperidine rings is 1. The van der Waals surface area contributed by atoms with Gasteiger partial charge in [-0.2, -0.15) is 17.4 Å². The first-order chi connectivity index (χ1) is 9.22. The summed E-state index contributed by atoms with van der Waals surface area (Å²) in [6, 6.07) is 0. The average molecular weight is 306 g/mol. The normalized spacial score (nSPS) is 21.7. The van der Waals surface area contributed by atoms with Crippen LogP contribution >= 0.6 is 0 Å². The molecule has 1 saturated heterocycles. The van der Waals surface area contributed by atoms with Gasteiger partial charge in [0.25, 0.3) is 10.2 Å². The zero-order valence-corrected chi connectivity index (χ0v) is 13.6. The first-order valence-corrected chi connectivity index (χ1v) is 8.61. The Labute approximate surface area is 122 Å². The fourth-order valence-electron chi connectivity index (χ4n) is 2.10. The molecule has 1 fully saturated rings. The molecule has 0 spiro atoms. The molecule has 1 heterocycles. The van der Waals surface area contributed by atoms with Crippen molar-refractivity contribution >= 4 is 16.2 Å². The molecule has 0 aromatic carbocycles. The maximum absolute atomic E-state index is 12.3. The van der Waals surface area contributed by atoms with Crippen molar-refractivity contribution in [2.45, 2.75) is 52.5 Å². The van der Waals surface area contributed by atoms with Gasteiger partial charge in [-0.15, -0.1) is 0 Å². The van der Waals surface area contributed by atoms with E-state index in [9.17, 15) is 13.2 Å². The molecular formula is C13H26N2O4S. The van der Waals surface area contributed by atoms with Gasteiger partial charge < -0.3 is 4.74 Å². The molecule has 0 aromatic rings. The number of carbonyl (C=O) groups excluding carboxylic acids is 1. The standard InChI is InChI=1S/C13H26N2O4S/c1-5-13(3,4)14-20(17,18)15-9-7-8-11(10-15)12(16)19-6-2/h11,14H,5-10H2,1-4H3. The van der Waals surface area contributed by atoms with Crippen molar-refractivity contribution in [3.8, 4) is 0 Å². The maximum Gasteiger partial charge on any atom is 0.310 e. The van der Waals surface area contributed by atoms with Gasteiger partial charge in [0.1, 0.15) is 0 Å². The Balaban J connectivity index is 2.73. The van der Waals surface area contributed by atoms with E-state index in [4.69, 9.17) is 4.74 Å². The predicted octanol–water partition coefficient (Wildman–Crippen LogP) is 1.28. The Kier molecular flexibility index (Phi) is 5.97. The van der Waals surface area contributed by atoms with Gasteiger partial charge in [-0.3, -0.25) is 4.79 Å². The third-order valence-electron chi connectivity index (χ3n) is 3.63. The Morgan fingerprint density at radius 2 is 2.05 bits per heavy atom. The van der Waals surface area contributed by atoms with Crippen LogP contribution in [0.1, 0.15) is 47.0 Å². The second-order valence-corrected chi connectivity index (χ2v) is 7.46. The minimum Gasteiger partial charge on any atom is -0.466 e. The highest BCUT2D eigenvalue weighted by Crippen LogP contribution is 2.21. The quantitative estimate of drug-likeness (QED) is 0.750. The molecule has 7 heteroatoms. The van der Waals surface area contributed by atoms with Gasteiger partial charge >= 0.3 is 5.97 Å². The molecule has 6 nitrogen and oxygen atoms in total. The molecule has 1 aliphatic rings. The largest absolute Gasteiger partial charge is 0.466 e. The summed E-state index contributed by atoms with van der Waals surface area (Å²) in [5.74, 6) is -0.660. The number of carbonyl (C=O) groups is 1.